The molecule has 98 valence electrons. The van der Waals surface area contributed by atoms with Gasteiger partial charge in [-0.05, 0) is 42.6 Å². The number of imidazole rings is 1. The van der Waals surface area contributed by atoms with Crippen LogP contribution < -0.4 is 4.74 Å². The highest BCUT2D eigenvalue weighted by molar-refractivity contribution is 6.68. The van der Waals surface area contributed by atoms with Gasteiger partial charge in [0.15, 0.2) is 0 Å². The Balaban J connectivity index is 1.99. The van der Waals surface area contributed by atoms with Crippen LogP contribution in [-0.4, -0.2) is 21.9 Å². The number of carbonyl (C=O) groups is 1. The molecule has 0 bridgehead atoms. The number of rotatable bonds is 4. The van der Waals surface area contributed by atoms with E-state index < -0.39 is 5.24 Å². The lowest BCUT2D eigenvalue weighted by atomic mass is 10.2. The van der Waals surface area contributed by atoms with Crippen LogP contribution in [0.4, 0.5) is 0 Å². The highest BCUT2D eigenvalue weighted by Crippen LogP contribution is 2.39. The molecule has 2 aromatic rings. The van der Waals surface area contributed by atoms with E-state index in [-0.39, 0.29) is 0 Å². The molecule has 3 rings (SSSR count). The van der Waals surface area contributed by atoms with Crippen molar-refractivity contribution in [1.29, 1.82) is 0 Å². The summed E-state index contributed by atoms with van der Waals surface area (Å²) in [6, 6.07) is 5.33. The summed E-state index contributed by atoms with van der Waals surface area (Å²) in [4.78, 5) is 15.8. The Morgan fingerprint density at radius 2 is 2.26 bits per heavy atom. The number of hydrogen-bond acceptors (Lipinski definition) is 3. The molecule has 19 heavy (non-hydrogen) atoms. The topological polar surface area (TPSA) is 44.1 Å². The number of nitrogens with zero attached hydrogens (tertiary/aromatic N) is 2. The van der Waals surface area contributed by atoms with E-state index in [1.165, 1.54) is 20.0 Å². The van der Waals surface area contributed by atoms with E-state index in [9.17, 15) is 4.79 Å². The SMILES string of the molecule is COc1ccc(-n2cnc(C3CC3)c2)cc1C(=O)Cl. The second-order valence-corrected chi connectivity index (χ2v) is 4.98. The van der Waals surface area contributed by atoms with E-state index >= 15 is 0 Å². The third-order valence-electron chi connectivity index (χ3n) is 3.29. The number of carbonyl (C=O) groups excluding carboxylic acids is 1. The summed E-state index contributed by atoms with van der Waals surface area (Å²) in [5.41, 5.74) is 2.32. The van der Waals surface area contributed by atoms with E-state index in [4.69, 9.17) is 16.3 Å². The van der Waals surface area contributed by atoms with E-state index in [1.54, 1.807) is 18.5 Å². The van der Waals surface area contributed by atoms with Gasteiger partial charge in [0, 0.05) is 17.8 Å². The van der Waals surface area contributed by atoms with Crippen LogP contribution in [0.3, 0.4) is 0 Å². The predicted octanol–water partition coefficient (Wildman–Crippen LogP) is 3.14. The van der Waals surface area contributed by atoms with Crippen molar-refractivity contribution in [3.63, 3.8) is 0 Å². The van der Waals surface area contributed by atoms with E-state index in [0.717, 1.165) is 11.4 Å². The number of benzene rings is 1. The molecule has 1 fully saturated rings. The molecular formula is C14H13ClN2O2. The van der Waals surface area contributed by atoms with E-state index in [0.29, 0.717) is 17.2 Å². The highest BCUT2D eigenvalue weighted by Gasteiger charge is 2.25. The lowest BCUT2D eigenvalue weighted by Gasteiger charge is -2.08. The summed E-state index contributed by atoms with van der Waals surface area (Å²) in [5.74, 6) is 1.08. The Labute approximate surface area is 116 Å². The van der Waals surface area contributed by atoms with Crippen molar-refractivity contribution < 1.29 is 9.53 Å². The Kier molecular flexibility index (Phi) is 3.03. The first-order valence-electron chi connectivity index (χ1n) is 6.11. The Hall–Kier alpha value is -1.81. The molecule has 4 nitrogen and oxygen atoms in total. The standard InChI is InChI=1S/C14H13ClN2O2/c1-19-13-5-4-10(6-11(13)14(15)18)17-7-12(16-8-17)9-2-3-9/h4-9H,2-3H2,1H3. The van der Waals surface area contributed by atoms with Crippen LogP contribution in [0.2, 0.25) is 0 Å². The first kappa shape index (κ1) is 12.2. The molecule has 0 aliphatic heterocycles. The zero-order chi connectivity index (χ0) is 13.4. The Bertz CT molecular complexity index is 632. The van der Waals surface area contributed by atoms with Crippen LogP contribution in [0.5, 0.6) is 5.75 Å². The average Bonchev–Trinajstić information content (AvgIpc) is 3.16. The van der Waals surface area contributed by atoms with Crippen LogP contribution in [-0.2, 0) is 0 Å². The minimum atomic E-state index is -0.527. The van der Waals surface area contributed by atoms with Crippen molar-refractivity contribution in [1.82, 2.24) is 9.55 Å². The summed E-state index contributed by atoms with van der Waals surface area (Å²) in [6.07, 6.45) is 6.19. The molecule has 0 N–H and O–H groups in total. The summed E-state index contributed by atoms with van der Waals surface area (Å²) < 4.78 is 7.02. The van der Waals surface area contributed by atoms with Gasteiger partial charge in [0.25, 0.3) is 5.24 Å². The molecule has 1 aliphatic rings. The van der Waals surface area contributed by atoms with Crippen molar-refractivity contribution >= 4 is 16.8 Å². The number of halogens is 1. The van der Waals surface area contributed by atoms with E-state index in [2.05, 4.69) is 4.98 Å². The summed E-state index contributed by atoms with van der Waals surface area (Å²) in [7, 11) is 1.51. The summed E-state index contributed by atoms with van der Waals surface area (Å²) in [6.45, 7) is 0. The fourth-order valence-electron chi connectivity index (χ4n) is 2.08. The minimum absolute atomic E-state index is 0.364. The predicted molar refractivity (Wildman–Crippen MR) is 72.3 cm³/mol. The van der Waals surface area contributed by atoms with Gasteiger partial charge in [0.2, 0.25) is 0 Å². The Morgan fingerprint density at radius 3 is 2.89 bits per heavy atom. The van der Waals surface area contributed by atoms with Crippen molar-refractivity contribution in [2.24, 2.45) is 0 Å². The zero-order valence-electron chi connectivity index (χ0n) is 10.5. The fraction of sp³-hybridized carbons (Fsp3) is 0.286. The highest BCUT2D eigenvalue weighted by atomic mass is 35.5. The van der Waals surface area contributed by atoms with Gasteiger partial charge in [-0.3, -0.25) is 4.79 Å². The van der Waals surface area contributed by atoms with Crippen molar-refractivity contribution in [3.05, 3.63) is 42.0 Å². The maximum Gasteiger partial charge on any atom is 0.256 e. The number of hydrogen-bond donors (Lipinski definition) is 0. The second kappa shape index (κ2) is 4.70. The van der Waals surface area contributed by atoms with E-state index in [1.807, 2.05) is 16.8 Å². The molecule has 0 spiro atoms. The average molecular weight is 277 g/mol. The second-order valence-electron chi connectivity index (χ2n) is 4.64. The van der Waals surface area contributed by atoms with Gasteiger partial charge in [0.1, 0.15) is 5.75 Å². The van der Waals surface area contributed by atoms with Crippen molar-refractivity contribution in [2.75, 3.05) is 7.11 Å². The minimum Gasteiger partial charge on any atom is -0.496 e. The first-order chi connectivity index (χ1) is 9.19. The Morgan fingerprint density at radius 1 is 1.47 bits per heavy atom. The normalized spacial score (nSPS) is 14.4. The van der Waals surface area contributed by atoms with Gasteiger partial charge in [-0.2, -0.15) is 0 Å². The van der Waals surface area contributed by atoms with Gasteiger partial charge in [-0.25, -0.2) is 4.98 Å². The maximum atomic E-state index is 11.4. The van der Waals surface area contributed by atoms with Gasteiger partial charge in [-0.1, -0.05) is 0 Å². The lowest BCUT2D eigenvalue weighted by molar-refractivity contribution is 0.107. The van der Waals surface area contributed by atoms with Crippen LogP contribution in [0.1, 0.15) is 34.8 Å². The molecule has 0 saturated heterocycles. The zero-order valence-corrected chi connectivity index (χ0v) is 11.2. The van der Waals surface area contributed by atoms with Gasteiger partial charge in [0.05, 0.1) is 24.7 Å². The fourth-order valence-corrected chi connectivity index (χ4v) is 2.23. The molecule has 1 aromatic heterocycles. The molecule has 1 aromatic carbocycles. The third kappa shape index (κ3) is 2.36. The summed E-state index contributed by atoms with van der Waals surface area (Å²) in [5, 5.41) is -0.527. The van der Waals surface area contributed by atoms with Gasteiger partial charge < -0.3 is 9.30 Å². The smallest absolute Gasteiger partial charge is 0.256 e. The molecule has 1 aliphatic carbocycles. The van der Waals surface area contributed by atoms with Crippen molar-refractivity contribution in [2.45, 2.75) is 18.8 Å². The van der Waals surface area contributed by atoms with Crippen molar-refractivity contribution in [3.8, 4) is 11.4 Å². The van der Waals surface area contributed by atoms with Crippen LogP contribution in [0.15, 0.2) is 30.7 Å². The molecular weight excluding hydrogens is 264 g/mol. The third-order valence-corrected chi connectivity index (χ3v) is 3.49. The number of ether oxygens (including phenoxy) is 1. The lowest BCUT2D eigenvalue weighted by Crippen LogP contribution is -1.98. The number of methoxy groups -OCH3 is 1. The van der Waals surface area contributed by atoms with Gasteiger partial charge in [-0.15, -0.1) is 0 Å². The monoisotopic (exact) mass is 276 g/mol. The maximum absolute atomic E-state index is 11.4. The largest absolute Gasteiger partial charge is 0.496 e. The molecule has 0 amide bonds. The van der Waals surface area contributed by atoms with Crippen LogP contribution in [0.25, 0.3) is 5.69 Å². The molecule has 5 heteroatoms. The van der Waals surface area contributed by atoms with Crippen LogP contribution in [0, 0.1) is 0 Å². The molecule has 1 heterocycles. The van der Waals surface area contributed by atoms with Crippen LogP contribution >= 0.6 is 11.6 Å². The first-order valence-corrected chi connectivity index (χ1v) is 6.49. The quantitative estimate of drug-likeness (QED) is 0.806. The van der Waals surface area contributed by atoms with Gasteiger partial charge >= 0.3 is 0 Å². The molecule has 0 unspecified atom stereocenters. The number of aromatic nitrogens is 2. The summed E-state index contributed by atoms with van der Waals surface area (Å²) >= 11 is 5.57. The molecule has 0 radical (unpaired) electrons. The molecule has 1 saturated carbocycles. The molecule has 0 atom stereocenters.